The summed E-state index contributed by atoms with van der Waals surface area (Å²) in [5, 5.41) is 8.17. The topological polar surface area (TPSA) is 45.4 Å². The summed E-state index contributed by atoms with van der Waals surface area (Å²) in [4.78, 5) is 4.10. The number of aromatic nitrogens is 2. The molecule has 1 heterocycles. The van der Waals surface area contributed by atoms with Crippen molar-refractivity contribution in [3.05, 3.63) is 5.89 Å². The van der Waals surface area contributed by atoms with Crippen molar-refractivity contribution in [3.8, 4) is 0 Å². The summed E-state index contributed by atoms with van der Waals surface area (Å²) >= 11 is 0. The van der Waals surface area contributed by atoms with Gasteiger partial charge in [-0.15, -0.1) is 5.10 Å². The third-order valence-corrected chi connectivity index (χ3v) is 3.81. The van der Waals surface area contributed by atoms with Crippen LogP contribution in [0.25, 0.3) is 0 Å². The standard InChI is InChI=1S/C14H26N4O/c1-17(2)11-13-15-16-14(19-13)18(3)10-6-9-12-7-4-5-8-12/h12H,4-11H2,1-3H3. The van der Waals surface area contributed by atoms with Crippen molar-refractivity contribution < 1.29 is 4.42 Å². The summed E-state index contributed by atoms with van der Waals surface area (Å²) in [5.74, 6) is 1.64. The molecule has 0 saturated heterocycles. The molecule has 0 bridgehead atoms. The molecule has 1 aromatic heterocycles. The van der Waals surface area contributed by atoms with Crippen LogP contribution in [0, 0.1) is 5.92 Å². The lowest BCUT2D eigenvalue weighted by Crippen LogP contribution is -2.19. The van der Waals surface area contributed by atoms with E-state index in [1.54, 1.807) is 0 Å². The van der Waals surface area contributed by atoms with Crippen LogP contribution in [0.2, 0.25) is 0 Å². The molecule has 0 atom stereocenters. The van der Waals surface area contributed by atoms with Gasteiger partial charge in [0.1, 0.15) is 0 Å². The molecule has 19 heavy (non-hydrogen) atoms. The highest BCUT2D eigenvalue weighted by atomic mass is 16.4. The zero-order valence-electron chi connectivity index (χ0n) is 12.4. The summed E-state index contributed by atoms with van der Waals surface area (Å²) in [6, 6.07) is 0.642. The van der Waals surface area contributed by atoms with E-state index in [4.69, 9.17) is 4.42 Å². The normalized spacial score (nSPS) is 16.4. The molecular weight excluding hydrogens is 240 g/mol. The predicted molar refractivity (Wildman–Crippen MR) is 76.2 cm³/mol. The van der Waals surface area contributed by atoms with Gasteiger partial charge in [0.05, 0.1) is 6.54 Å². The number of rotatable bonds is 7. The van der Waals surface area contributed by atoms with Crippen LogP contribution in [0.1, 0.15) is 44.4 Å². The molecule has 0 spiro atoms. The van der Waals surface area contributed by atoms with E-state index in [1.807, 2.05) is 26.0 Å². The highest BCUT2D eigenvalue weighted by Gasteiger charge is 2.16. The number of hydrogen-bond donors (Lipinski definition) is 0. The summed E-state index contributed by atoms with van der Waals surface area (Å²) in [5.41, 5.74) is 0. The van der Waals surface area contributed by atoms with Gasteiger partial charge in [0, 0.05) is 13.6 Å². The molecule has 1 aliphatic rings. The van der Waals surface area contributed by atoms with Crippen LogP contribution in [-0.4, -0.2) is 42.8 Å². The van der Waals surface area contributed by atoms with Crippen LogP contribution in [0.3, 0.4) is 0 Å². The van der Waals surface area contributed by atoms with Crippen molar-refractivity contribution in [2.45, 2.75) is 45.1 Å². The average Bonchev–Trinajstić information content (AvgIpc) is 2.99. The van der Waals surface area contributed by atoms with E-state index in [2.05, 4.69) is 15.1 Å². The van der Waals surface area contributed by atoms with Gasteiger partial charge in [-0.25, -0.2) is 0 Å². The largest absolute Gasteiger partial charge is 0.407 e. The maximum Gasteiger partial charge on any atom is 0.317 e. The van der Waals surface area contributed by atoms with E-state index >= 15 is 0 Å². The monoisotopic (exact) mass is 266 g/mol. The molecule has 5 heteroatoms. The lowest BCUT2D eigenvalue weighted by atomic mass is 10.0. The second-order valence-corrected chi connectivity index (χ2v) is 5.93. The Morgan fingerprint density at radius 3 is 2.58 bits per heavy atom. The first kappa shape index (κ1) is 14.3. The van der Waals surface area contributed by atoms with Crippen LogP contribution in [0.5, 0.6) is 0 Å². The fraction of sp³-hybridized carbons (Fsp3) is 0.857. The molecule has 2 rings (SSSR count). The van der Waals surface area contributed by atoms with E-state index in [-0.39, 0.29) is 0 Å². The lowest BCUT2D eigenvalue weighted by Gasteiger charge is -2.15. The van der Waals surface area contributed by atoms with Gasteiger partial charge in [0.2, 0.25) is 5.89 Å². The summed E-state index contributed by atoms with van der Waals surface area (Å²) in [7, 11) is 6.02. The zero-order chi connectivity index (χ0) is 13.7. The summed E-state index contributed by atoms with van der Waals surface area (Å²) in [6.07, 6.45) is 8.26. The fourth-order valence-electron chi connectivity index (χ4n) is 2.75. The lowest BCUT2D eigenvalue weighted by molar-refractivity contribution is 0.342. The summed E-state index contributed by atoms with van der Waals surface area (Å²) < 4.78 is 5.64. The van der Waals surface area contributed by atoms with Crippen molar-refractivity contribution in [2.24, 2.45) is 5.92 Å². The van der Waals surface area contributed by atoms with Crippen LogP contribution in [-0.2, 0) is 6.54 Å². The van der Waals surface area contributed by atoms with Gasteiger partial charge in [-0.05, 0) is 32.9 Å². The molecule has 0 amide bonds. The fourth-order valence-corrected chi connectivity index (χ4v) is 2.75. The molecule has 1 saturated carbocycles. The maximum atomic E-state index is 5.64. The Kier molecular flexibility index (Phi) is 5.19. The first-order chi connectivity index (χ1) is 9.15. The Hall–Kier alpha value is -1.10. The predicted octanol–water partition coefficient (Wildman–Crippen LogP) is 2.54. The minimum atomic E-state index is 0.642. The van der Waals surface area contributed by atoms with Crippen molar-refractivity contribution in [2.75, 3.05) is 32.6 Å². The third kappa shape index (κ3) is 4.49. The molecule has 0 aromatic carbocycles. The minimum Gasteiger partial charge on any atom is -0.407 e. The molecule has 108 valence electrons. The second-order valence-electron chi connectivity index (χ2n) is 5.93. The van der Waals surface area contributed by atoms with Crippen molar-refractivity contribution in [1.82, 2.24) is 15.1 Å². The van der Waals surface area contributed by atoms with Gasteiger partial charge < -0.3 is 14.2 Å². The van der Waals surface area contributed by atoms with Crippen LogP contribution in [0.15, 0.2) is 4.42 Å². The molecule has 1 aromatic rings. The first-order valence-electron chi connectivity index (χ1n) is 7.33. The minimum absolute atomic E-state index is 0.642. The maximum absolute atomic E-state index is 5.64. The number of hydrogen-bond acceptors (Lipinski definition) is 5. The highest BCUT2D eigenvalue weighted by molar-refractivity contribution is 5.21. The molecule has 0 aliphatic heterocycles. The van der Waals surface area contributed by atoms with Crippen molar-refractivity contribution in [1.29, 1.82) is 0 Å². The molecule has 5 nitrogen and oxygen atoms in total. The Balaban J connectivity index is 1.72. The Morgan fingerprint density at radius 1 is 1.16 bits per heavy atom. The first-order valence-corrected chi connectivity index (χ1v) is 7.33. The molecule has 0 N–H and O–H groups in total. The van der Waals surface area contributed by atoms with E-state index in [1.165, 1.54) is 38.5 Å². The van der Waals surface area contributed by atoms with Crippen LogP contribution < -0.4 is 4.90 Å². The molecule has 1 fully saturated rings. The van der Waals surface area contributed by atoms with Gasteiger partial charge in [-0.3, -0.25) is 0 Å². The quantitative estimate of drug-likeness (QED) is 0.759. The van der Waals surface area contributed by atoms with E-state index < -0.39 is 0 Å². The Bertz CT molecular complexity index is 371. The average molecular weight is 266 g/mol. The molecule has 0 unspecified atom stereocenters. The highest BCUT2D eigenvalue weighted by Crippen LogP contribution is 2.28. The van der Waals surface area contributed by atoms with E-state index in [9.17, 15) is 0 Å². The zero-order valence-corrected chi connectivity index (χ0v) is 12.4. The smallest absolute Gasteiger partial charge is 0.317 e. The van der Waals surface area contributed by atoms with Crippen LogP contribution in [0.4, 0.5) is 6.01 Å². The third-order valence-electron chi connectivity index (χ3n) is 3.81. The van der Waals surface area contributed by atoms with Crippen molar-refractivity contribution in [3.63, 3.8) is 0 Å². The Labute approximate surface area is 116 Å². The molecular formula is C14H26N4O. The second kappa shape index (κ2) is 6.89. The number of anilines is 1. The van der Waals surface area contributed by atoms with Crippen LogP contribution >= 0.6 is 0 Å². The van der Waals surface area contributed by atoms with Crippen molar-refractivity contribution >= 4 is 6.01 Å². The van der Waals surface area contributed by atoms with Gasteiger partial charge in [-0.1, -0.05) is 30.8 Å². The SMILES string of the molecule is CN(C)Cc1nnc(N(C)CCCC2CCCC2)o1. The Morgan fingerprint density at radius 2 is 1.89 bits per heavy atom. The van der Waals surface area contributed by atoms with Gasteiger partial charge in [0.15, 0.2) is 0 Å². The van der Waals surface area contributed by atoms with Gasteiger partial charge in [-0.2, -0.15) is 0 Å². The van der Waals surface area contributed by atoms with E-state index in [0.717, 1.165) is 12.5 Å². The van der Waals surface area contributed by atoms with E-state index in [0.29, 0.717) is 18.5 Å². The van der Waals surface area contributed by atoms with Gasteiger partial charge in [0.25, 0.3) is 0 Å². The summed E-state index contributed by atoms with van der Waals surface area (Å²) in [6.45, 7) is 1.70. The number of nitrogens with zero attached hydrogens (tertiary/aromatic N) is 4. The molecule has 0 radical (unpaired) electrons. The molecule has 1 aliphatic carbocycles. The van der Waals surface area contributed by atoms with Gasteiger partial charge >= 0.3 is 6.01 Å².